The molecule has 3 heterocycles. The van der Waals surface area contributed by atoms with Gasteiger partial charge < -0.3 is 24.8 Å². The lowest BCUT2D eigenvalue weighted by Gasteiger charge is -2.20. The van der Waals surface area contributed by atoms with Gasteiger partial charge in [0.2, 0.25) is 0 Å². The van der Waals surface area contributed by atoms with Crippen LogP contribution in [-0.4, -0.2) is 55.1 Å². The van der Waals surface area contributed by atoms with E-state index in [1.54, 1.807) is 36.4 Å². The first-order valence-corrected chi connectivity index (χ1v) is 11.3. The van der Waals surface area contributed by atoms with Crippen LogP contribution in [0, 0.1) is 0 Å². The first-order chi connectivity index (χ1) is 17.1. The molecule has 10 nitrogen and oxygen atoms in total. The Hall–Kier alpha value is -4.18. The Kier molecular flexibility index (Phi) is 6.44. The summed E-state index contributed by atoms with van der Waals surface area (Å²) >= 11 is 0. The van der Waals surface area contributed by atoms with Gasteiger partial charge >= 0.3 is 6.09 Å². The molecule has 0 spiro atoms. The van der Waals surface area contributed by atoms with Gasteiger partial charge in [0.25, 0.3) is 5.91 Å². The van der Waals surface area contributed by atoms with Crippen molar-refractivity contribution < 1.29 is 23.8 Å². The van der Waals surface area contributed by atoms with Gasteiger partial charge in [0.1, 0.15) is 17.6 Å². The number of benzene rings is 2. The second-order valence-corrected chi connectivity index (χ2v) is 8.28. The molecule has 0 bridgehead atoms. The summed E-state index contributed by atoms with van der Waals surface area (Å²) in [4.78, 5) is 25.6. The zero-order valence-corrected chi connectivity index (χ0v) is 19.2. The van der Waals surface area contributed by atoms with Crippen LogP contribution in [-0.2, 0) is 16.1 Å². The first-order valence-electron chi connectivity index (χ1n) is 11.3. The number of carbonyl (C=O) groups is 2. The molecule has 2 aromatic carbocycles. The van der Waals surface area contributed by atoms with Gasteiger partial charge in [-0.1, -0.05) is 18.2 Å². The van der Waals surface area contributed by atoms with Gasteiger partial charge in [-0.3, -0.25) is 9.69 Å². The van der Waals surface area contributed by atoms with E-state index in [-0.39, 0.29) is 18.6 Å². The highest BCUT2D eigenvalue weighted by Gasteiger charge is 2.32. The Balaban J connectivity index is 1.13. The van der Waals surface area contributed by atoms with Crippen LogP contribution >= 0.6 is 0 Å². The van der Waals surface area contributed by atoms with Crippen molar-refractivity contribution in [1.82, 2.24) is 15.5 Å². The molecule has 0 aliphatic carbocycles. The third kappa shape index (κ3) is 5.17. The lowest BCUT2D eigenvalue weighted by Crippen LogP contribution is -2.28. The Morgan fingerprint density at radius 3 is 3.00 bits per heavy atom. The number of carbonyl (C=O) groups excluding carboxylic acids is 2. The average Bonchev–Trinajstić information content (AvgIpc) is 3.26. The summed E-state index contributed by atoms with van der Waals surface area (Å²) in [5, 5.41) is 14.3. The highest BCUT2D eigenvalue weighted by molar-refractivity contribution is 5.97. The maximum atomic E-state index is 12.4. The number of aromatic nitrogens is 2. The van der Waals surface area contributed by atoms with E-state index in [0.717, 1.165) is 16.8 Å². The Morgan fingerprint density at radius 1 is 1.20 bits per heavy atom. The summed E-state index contributed by atoms with van der Waals surface area (Å²) in [6.45, 7) is 1.79. The molecule has 180 valence electrons. The number of fused-ring (bicyclic) bond motifs is 1. The van der Waals surface area contributed by atoms with Gasteiger partial charge in [0.15, 0.2) is 6.61 Å². The molecule has 2 aliphatic rings. The molecule has 1 atom stereocenters. The molecule has 0 saturated carbocycles. The van der Waals surface area contributed by atoms with Crippen molar-refractivity contribution in [1.29, 1.82) is 0 Å². The van der Waals surface area contributed by atoms with Crippen LogP contribution < -0.4 is 25.0 Å². The number of nitrogens with zero attached hydrogens (tertiary/aromatic N) is 3. The lowest BCUT2D eigenvalue weighted by atomic mass is 10.1. The molecular formula is C25H25N5O5. The number of methoxy groups -OCH3 is 1. The molecule has 2 N–H and O–H groups in total. The van der Waals surface area contributed by atoms with E-state index in [1.165, 1.54) is 0 Å². The van der Waals surface area contributed by atoms with Crippen molar-refractivity contribution >= 4 is 23.4 Å². The van der Waals surface area contributed by atoms with Crippen LogP contribution in [0.1, 0.15) is 12.0 Å². The molecule has 1 fully saturated rings. The minimum Gasteiger partial charge on any atom is -0.495 e. The van der Waals surface area contributed by atoms with Crippen molar-refractivity contribution in [2.45, 2.75) is 19.1 Å². The Bertz CT molecular complexity index is 1250. The van der Waals surface area contributed by atoms with E-state index < -0.39 is 6.09 Å². The van der Waals surface area contributed by atoms with Crippen molar-refractivity contribution in [2.24, 2.45) is 0 Å². The third-order valence-electron chi connectivity index (χ3n) is 5.84. The molecule has 0 radical (unpaired) electrons. The molecule has 2 amide bonds. The molecule has 10 heteroatoms. The highest BCUT2D eigenvalue weighted by Crippen LogP contribution is 2.33. The normalized spacial score (nSPS) is 16.8. The van der Waals surface area contributed by atoms with E-state index in [0.29, 0.717) is 48.9 Å². The number of hydrogen-bond acceptors (Lipinski definition) is 8. The van der Waals surface area contributed by atoms with E-state index in [2.05, 4.69) is 26.9 Å². The number of rotatable bonds is 8. The molecule has 1 saturated heterocycles. The van der Waals surface area contributed by atoms with Gasteiger partial charge in [-0.25, -0.2) is 4.79 Å². The quantitative estimate of drug-likeness (QED) is 0.478. The van der Waals surface area contributed by atoms with Crippen LogP contribution in [0.4, 0.5) is 16.2 Å². The maximum Gasteiger partial charge on any atom is 0.414 e. The fourth-order valence-corrected chi connectivity index (χ4v) is 4.06. The van der Waals surface area contributed by atoms with Crippen molar-refractivity contribution in [3.05, 3.63) is 60.3 Å². The SMILES string of the molecule is COc1cnnc(-c2cccc(CNCCC3CN(c4ccc5c(c4)NC(=O)CO5)C(=O)O3)c2)c1. The molecule has 1 unspecified atom stereocenters. The predicted octanol–water partition coefficient (Wildman–Crippen LogP) is 2.99. The van der Waals surface area contributed by atoms with Crippen LogP contribution in [0.3, 0.4) is 0 Å². The molecule has 3 aromatic rings. The first kappa shape index (κ1) is 22.6. The van der Waals surface area contributed by atoms with Crippen LogP contribution in [0.15, 0.2) is 54.7 Å². The fraction of sp³-hybridized carbons (Fsp3) is 0.280. The predicted molar refractivity (Wildman–Crippen MR) is 129 cm³/mol. The fourth-order valence-electron chi connectivity index (χ4n) is 4.06. The largest absolute Gasteiger partial charge is 0.495 e. The van der Waals surface area contributed by atoms with Crippen LogP contribution in [0.5, 0.6) is 11.5 Å². The van der Waals surface area contributed by atoms with E-state index in [1.807, 2.05) is 24.3 Å². The summed E-state index contributed by atoms with van der Waals surface area (Å²) < 4.78 is 16.2. The highest BCUT2D eigenvalue weighted by atomic mass is 16.6. The lowest BCUT2D eigenvalue weighted by molar-refractivity contribution is -0.118. The number of anilines is 2. The minimum atomic E-state index is -0.398. The van der Waals surface area contributed by atoms with E-state index in [4.69, 9.17) is 14.2 Å². The monoisotopic (exact) mass is 475 g/mol. The van der Waals surface area contributed by atoms with Crippen molar-refractivity contribution in [3.63, 3.8) is 0 Å². The Morgan fingerprint density at radius 2 is 2.11 bits per heavy atom. The molecule has 35 heavy (non-hydrogen) atoms. The number of hydrogen-bond donors (Lipinski definition) is 2. The molecule has 2 aliphatic heterocycles. The van der Waals surface area contributed by atoms with Gasteiger partial charge in [-0.15, -0.1) is 0 Å². The molecule has 1 aromatic heterocycles. The van der Waals surface area contributed by atoms with Gasteiger partial charge in [0.05, 0.1) is 31.2 Å². The summed E-state index contributed by atoms with van der Waals surface area (Å²) in [6.07, 6.45) is 1.62. The molecule has 5 rings (SSSR count). The average molecular weight is 476 g/mol. The summed E-state index contributed by atoms with van der Waals surface area (Å²) in [6, 6.07) is 15.2. The smallest absolute Gasteiger partial charge is 0.414 e. The van der Waals surface area contributed by atoms with Crippen LogP contribution in [0.25, 0.3) is 11.3 Å². The third-order valence-corrected chi connectivity index (χ3v) is 5.84. The van der Waals surface area contributed by atoms with Gasteiger partial charge in [-0.2, -0.15) is 10.2 Å². The topological polar surface area (TPSA) is 115 Å². The van der Waals surface area contributed by atoms with Gasteiger partial charge in [-0.05, 0) is 42.8 Å². The number of cyclic esters (lactones) is 1. The summed E-state index contributed by atoms with van der Waals surface area (Å²) in [7, 11) is 1.60. The standard InChI is InChI=1S/C25H25N5O5/c1-33-20-11-21(29-27-13-20)17-4-2-3-16(9-17)12-26-8-7-19-14-30(25(32)35-19)18-5-6-23-22(10-18)28-24(31)15-34-23/h2-6,9-11,13,19,26H,7-8,12,14-15H2,1H3,(H,28,31). The Labute approximate surface area is 202 Å². The number of nitrogens with one attached hydrogen (secondary N) is 2. The second kappa shape index (κ2) is 9.98. The maximum absolute atomic E-state index is 12.4. The minimum absolute atomic E-state index is 0.00737. The van der Waals surface area contributed by atoms with E-state index in [9.17, 15) is 9.59 Å². The summed E-state index contributed by atoms with van der Waals surface area (Å²) in [5.74, 6) is 1.03. The number of amides is 2. The molecular weight excluding hydrogens is 450 g/mol. The summed E-state index contributed by atoms with van der Waals surface area (Å²) in [5.41, 5.74) is 4.03. The van der Waals surface area contributed by atoms with Crippen LogP contribution in [0.2, 0.25) is 0 Å². The van der Waals surface area contributed by atoms with Gasteiger partial charge in [0, 0.05) is 23.9 Å². The number of ether oxygens (including phenoxy) is 3. The zero-order valence-electron chi connectivity index (χ0n) is 19.2. The second-order valence-electron chi connectivity index (χ2n) is 8.28. The van der Waals surface area contributed by atoms with Crippen molar-refractivity contribution in [3.8, 4) is 22.8 Å². The van der Waals surface area contributed by atoms with Crippen molar-refractivity contribution in [2.75, 3.05) is 37.0 Å². The zero-order chi connectivity index (χ0) is 24.2. The van der Waals surface area contributed by atoms with E-state index >= 15 is 0 Å².